The Balaban J connectivity index is 3.41. The van der Waals surface area contributed by atoms with Gasteiger partial charge in [-0.2, -0.15) is 0 Å². The number of aldehydes is 1. The van der Waals surface area contributed by atoms with Crippen LogP contribution in [0.2, 0.25) is 0 Å². The Bertz CT molecular complexity index is 106. The highest BCUT2D eigenvalue weighted by Crippen LogP contribution is 2.22. The monoisotopic (exact) mass is 164 g/mol. The highest BCUT2D eigenvalue weighted by molar-refractivity contribution is 7.44. The first-order chi connectivity index (χ1) is 4.35. The highest BCUT2D eigenvalue weighted by atomic mass is 31.1. The molecule has 0 saturated carbocycles. The van der Waals surface area contributed by atoms with Crippen LogP contribution in [0, 0.1) is 0 Å². The molecule has 0 saturated heterocycles. The summed E-state index contributed by atoms with van der Waals surface area (Å²) in [6, 6.07) is 0. The summed E-state index contributed by atoms with van der Waals surface area (Å²) >= 11 is 0. The molecule has 0 heterocycles. The average molecular weight is 164 g/mol. The Hall–Kier alpha value is -0.130. The molecule has 9 heavy (non-hydrogen) atoms. The predicted octanol–water partition coefficient (Wildman–Crippen LogP) is 1.87. The maximum absolute atomic E-state index is 10.0. The number of rotatable bonds is 5. The summed E-state index contributed by atoms with van der Waals surface area (Å²) in [5, 5.41) is -0.393. The van der Waals surface area contributed by atoms with Crippen LogP contribution in [-0.2, 0) is 13.9 Å². The molecule has 0 bridgehead atoms. The molecule has 0 aromatic carbocycles. The number of carbonyl (C=O) groups excluding carboxylic acids is 1. The second kappa shape index (κ2) is 6.00. The van der Waals surface area contributed by atoms with Crippen LogP contribution in [0.25, 0.3) is 0 Å². The van der Waals surface area contributed by atoms with E-state index in [2.05, 4.69) is 0 Å². The molecule has 0 radical (unpaired) electrons. The lowest BCUT2D eigenvalue weighted by atomic mass is 10.4. The van der Waals surface area contributed by atoms with Crippen molar-refractivity contribution in [3.05, 3.63) is 0 Å². The van der Waals surface area contributed by atoms with Crippen LogP contribution >= 0.6 is 16.9 Å². The molecule has 0 aromatic heterocycles. The van der Waals surface area contributed by atoms with Crippen molar-refractivity contribution < 1.29 is 13.9 Å². The molecule has 0 rings (SSSR count). The van der Waals surface area contributed by atoms with Gasteiger partial charge in [0.1, 0.15) is 11.7 Å². The average Bonchev–Trinajstić information content (AvgIpc) is 1.91. The Morgan fingerprint density at radius 2 is 1.89 bits per heavy atom. The van der Waals surface area contributed by atoms with Gasteiger partial charge in [0.15, 0.2) is 16.9 Å². The van der Waals surface area contributed by atoms with Crippen molar-refractivity contribution >= 4 is 23.2 Å². The predicted molar refractivity (Wildman–Crippen MR) is 34.3 cm³/mol. The molecule has 0 atom stereocenters. The van der Waals surface area contributed by atoms with E-state index < -0.39 is 5.40 Å². The third kappa shape index (κ3) is 4.38. The molecule has 0 amide bonds. The normalized spacial score (nSPS) is 13.8. The van der Waals surface area contributed by atoms with Gasteiger partial charge >= 0.3 is 0 Å². The van der Waals surface area contributed by atoms with E-state index in [1.165, 1.54) is 0 Å². The maximum atomic E-state index is 10.0. The van der Waals surface area contributed by atoms with Crippen LogP contribution in [-0.4, -0.2) is 11.7 Å². The fourth-order valence-corrected chi connectivity index (χ4v) is 1.00. The van der Waals surface area contributed by atoms with E-state index in [1.807, 2.05) is 0 Å². The zero-order valence-electron chi connectivity index (χ0n) is 4.69. The molecule has 5 heteroatoms. The van der Waals surface area contributed by atoms with E-state index in [1.54, 1.807) is 0 Å². The number of carbonyl (C=O) groups is 1. The Kier molecular flexibility index (Phi) is 5.91. The first kappa shape index (κ1) is 8.87. The zero-order chi connectivity index (χ0) is 7.11. The lowest BCUT2D eigenvalue weighted by Crippen LogP contribution is -1.86. The van der Waals surface area contributed by atoms with E-state index in [-0.39, 0.29) is 16.9 Å². The van der Waals surface area contributed by atoms with Gasteiger partial charge in [-0.15, -0.1) is 0 Å². The Morgan fingerprint density at radius 1 is 1.33 bits per heavy atom. The number of hydrogen-bond donors (Lipinski definition) is 0. The van der Waals surface area contributed by atoms with E-state index >= 15 is 0 Å². The molecule has 0 aliphatic heterocycles. The first-order valence-corrected chi connectivity index (χ1v) is 4.20. The van der Waals surface area contributed by atoms with Crippen molar-refractivity contribution in [2.45, 2.75) is 18.2 Å². The summed E-state index contributed by atoms with van der Waals surface area (Å²) in [6.07, 6.45) is 1.48. The highest BCUT2D eigenvalue weighted by Gasteiger charge is 2.05. The summed E-state index contributed by atoms with van der Waals surface area (Å²) in [6.45, 7) is 0. The zero-order valence-corrected chi connectivity index (χ0v) is 6.48. The lowest BCUT2D eigenvalue weighted by molar-refractivity contribution is -0.107. The standard InChI is InChI=1S/C4H6O3P2/c5-3-1-2-4(8-6)9-7/h3-4H,1-2H2. The van der Waals surface area contributed by atoms with Crippen LogP contribution in [0.1, 0.15) is 12.8 Å². The Labute approximate surface area is 56.2 Å². The van der Waals surface area contributed by atoms with E-state index in [0.717, 1.165) is 6.29 Å². The molecule has 0 aromatic rings. The third-order valence-corrected chi connectivity index (χ3v) is 2.35. The molecule has 0 N–H and O–H groups in total. The molecule has 50 valence electrons. The van der Waals surface area contributed by atoms with Gasteiger partial charge in [-0.05, 0) is 6.42 Å². The summed E-state index contributed by atoms with van der Waals surface area (Å²) in [4.78, 5) is 9.73. The quantitative estimate of drug-likeness (QED) is 0.460. The SMILES string of the molecule is O=CCCC(P=O)P=O. The van der Waals surface area contributed by atoms with Gasteiger partial charge in [-0.3, -0.25) is 9.13 Å². The molecule has 0 fully saturated rings. The molecular formula is C4H6O3P2. The van der Waals surface area contributed by atoms with Crippen LogP contribution in [0.4, 0.5) is 0 Å². The summed E-state index contributed by atoms with van der Waals surface area (Å²) < 4.78 is 20.0. The summed E-state index contributed by atoms with van der Waals surface area (Å²) in [7, 11) is -0.299. The fourth-order valence-electron chi connectivity index (χ4n) is 0.342. The van der Waals surface area contributed by atoms with Gasteiger partial charge in [0.2, 0.25) is 0 Å². The third-order valence-electron chi connectivity index (χ3n) is 0.786. The van der Waals surface area contributed by atoms with Crippen LogP contribution in [0.3, 0.4) is 0 Å². The topological polar surface area (TPSA) is 51.2 Å². The minimum absolute atomic E-state index is 0.149. The van der Waals surface area contributed by atoms with Gasteiger partial charge < -0.3 is 4.79 Å². The van der Waals surface area contributed by atoms with E-state index in [9.17, 15) is 13.9 Å². The molecule has 0 aliphatic carbocycles. The fraction of sp³-hybridized carbons (Fsp3) is 0.750. The van der Waals surface area contributed by atoms with Crippen molar-refractivity contribution in [2.75, 3.05) is 0 Å². The van der Waals surface area contributed by atoms with Gasteiger partial charge in [-0.25, -0.2) is 0 Å². The summed E-state index contributed by atoms with van der Waals surface area (Å²) in [5.41, 5.74) is 0. The largest absolute Gasteiger partial charge is 0.303 e. The lowest BCUT2D eigenvalue weighted by Gasteiger charge is -1.90. The first-order valence-electron chi connectivity index (χ1n) is 2.43. The minimum Gasteiger partial charge on any atom is -0.303 e. The van der Waals surface area contributed by atoms with Crippen LogP contribution < -0.4 is 0 Å². The van der Waals surface area contributed by atoms with Gasteiger partial charge in [0.05, 0.1) is 0 Å². The van der Waals surface area contributed by atoms with Crippen LogP contribution in [0.15, 0.2) is 0 Å². The molecule has 3 nitrogen and oxygen atoms in total. The van der Waals surface area contributed by atoms with Crippen molar-refractivity contribution in [3.8, 4) is 0 Å². The van der Waals surface area contributed by atoms with Crippen molar-refractivity contribution in [1.29, 1.82) is 0 Å². The molecule has 0 spiro atoms. The van der Waals surface area contributed by atoms with Gasteiger partial charge in [-0.1, -0.05) is 0 Å². The van der Waals surface area contributed by atoms with Crippen molar-refractivity contribution in [2.24, 2.45) is 0 Å². The molecule has 0 unspecified atom stereocenters. The summed E-state index contributed by atoms with van der Waals surface area (Å²) in [5.74, 6) is 0. The Morgan fingerprint density at radius 3 is 2.22 bits per heavy atom. The maximum Gasteiger partial charge on any atom is 0.171 e. The second-order valence-corrected chi connectivity index (χ2v) is 3.51. The number of hydrogen-bond acceptors (Lipinski definition) is 3. The molecule has 0 aliphatic rings. The van der Waals surface area contributed by atoms with Gasteiger partial charge in [0.25, 0.3) is 0 Å². The van der Waals surface area contributed by atoms with E-state index in [4.69, 9.17) is 0 Å². The van der Waals surface area contributed by atoms with Crippen molar-refractivity contribution in [1.82, 2.24) is 0 Å². The van der Waals surface area contributed by atoms with Gasteiger partial charge in [0, 0.05) is 6.42 Å². The minimum atomic E-state index is -0.393. The molecular weight excluding hydrogens is 158 g/mol. The van der Waals surface area contributed by atoms with Crippen LogP contribution in [0.5, 0.6) is 0 Å². The smallest absolute Gasteiger partial charge is 0.171 e. The van der Waals surface area contributed by atoms with E-state index in [0.29, 0.717) is 12.8 Å². The second-order valence-electron chi connectivity index (χ2n) is 1.44. The van der Waals surface area contributed by atoms with Crippen molar-refractivity contribution in [3.63, 3.8) is 0 Å².